The van der Waals surface area contributed by atoms with Crippen molar-refractivity contribution in [1.82, 2.24) is 14.8 Å². The minimum Gasteiger partial charge on any atom is -0.454 e. The van der Waals surface area contributed by atoms with Gasteiger partial charge in [-0.2, -0.15) is 0 Å². The first kappa shape index (κ1) is 16.0. The van der Waals surface area contributed by atoms with Gasteiger partial charge in [-0.3, -0.25) is 4.57 Å². The quantitative estimate of drug-likeness (QED) is 0.480. The molecule has 0 atom stereocenters. The van der Waals surface area contributed by atoms with E-state index in [2.05, 4.69) is 33.8 Å². The molecule has 0 saturated heterocycles. The van der Waals surface area contributed by atoms with E-state index >= 15 is 0 Å². The third kappa shape index (κ3) is 3.22. The van der Waals surface area contributed by atoms with E-state index in [1.54, 1.807) is 11.8 Å². The molecule has 1 aliphatic heterocycles. The molecule has 0 fully saturated rings. The summed E-state index contributed by atoms with van der Waals surface area (Å²) in [5.74, 6) is 3.36. The number of ether oxygens (including phenoxy) is 2. The maximum absolute atomic E-state index is 5.51. The molecular formula is C19H19N3O2S. The molecule has 2 heterocycles. The highest BCUT2D eigenvalue weighted by molar-refractivity contribution is 7.99. The van der Waals surface area contributed by atoms with Crippen molar-refractivity contribution in [3.05, 3.63) is 48.5 Å². The van der Waals surface area contributed by atoms with Gasteiger partial charge in [-0.1, -0.05) is 43.3 Å². The van der Waals surface area contributed by atoms with Crippen LogP contribution >= 0.6 is 11.8 Å². The number of thioether (sulfide) groups is 1. The second-order valence-corrected chi connectivity index (χ2v) is 6.81. The molecule has 2 aromatic carbocycles. The molecule has 0 saturated carbocycles. The SMILES string of the molecule is CCCCSc1nnc(-c2ccc3c(c2)OCO3)n1-c1ccccc1. The van der Waals surface area contributed by atoms with Crippen LogP contribution < -0.4 is 9.47 Å². The van der Waals surface area contributed by atoms with Crippen LogP contribution in [0.4, 0.5) is 0 Å². The normalized spacial score (nSPS) is 12.5. The number of unbranched alkanes of at least 4 members (excludes halogenated alkanes) is 1. The molecule has 0 N–H and O–H groups in total. The highest BCUT2D eigenvalue weighted by Crippen LogP contribution is 2.37. The number of hydrogen-bond donors (Lipinski definition) is 0. The van der Waals surface area contributed by atoms with Crippen LogP contribution in [0.15, 0.2) is 53.7 Å². The highest BCUT2D eigenvalue weighted by atomic mass is 32.2. The average molecular weight is 353 g/mol. The fourth-order valence-electron chi connectivity index (χ4n) is 2.70. The van der Waals surface area contributed by atoms with E-state index in [4.69, 9.17) is 9.47 Å². The fourth-order valence-corrected chi connectivity index (χ4v) is 3.74. The van der Waals surface area contributed by atoms with Gasteiger partial charge >= 0.3 is 0 Å². The lowest BCUT2D eigenvalue weighted by atomic mass is 10.2. The van der Waals surface area contributed by atoms with Gasteiger partial charge in [-0.25, -0.2) is 0 Å². The lowest BCUT2D eigenvalue weighted by Gasteiger charge is -2.10. The first-order valence-electron chi connectivity index (χ1n) is 8.40. The molecule has 128 valence electrons. The van der Waals surface area contributed by atoms with Gasteiger partial charge in [0, 0.05) is 17.0 Å². The van der Waals surface area contributed by atoms with E-state index in [1.165, 1.54) is 6.42 Å². The topological polar surface area (TPSA) is 49.2 Å². The van der Waals surface area contributed by atoms with Crippen LogP contribution in [0.2, 0.25) is 0 Å². The van der Waals surface area contributed by atoms with Crippen molar-refractivity contribution >= 4 is 11.8 Å². The third-order valence-electron chi connectivity index (χ3n) is 4.01. The largest absolute Gasteiger partial charge is 0.454 e. The van der Waals surface area contributed by atoms with E-state index in [9.17, 15) is 0 Å². The van der Waals surface area contributed by atoms with Crippen molar-refractivity contribution in [2.24, 2.45) is 0 Å². The zero-order valence-corrected chi connectivity index (χ0v) is 14.8. The summed E-state index contributed by atoms with van der Waals surface area (Å²) < 4.78 is 13.0. The minimum atomic E-state index is 0.266. The Bertz CT molecular complexity index is 864. The van der Waals surface area contributed by atoms with E-state index in [0.29, 0.717) is 0 Å². The van der Waals surface area contributed by atoms with Gasteiger partial charge in [0.25, 0.3) is 0 Å². The van der Waals surface area contributed by atoms with E-state index in [-0.39, 0.29) is 6.79 Å². The van der Waals surface area contributed by atoms with E-state index in [0.717, 1.165) is 45.9 Å². The molecule has 4 rings (SSSR count). The van der Waals surface area contributed by atoms with Gasteiger partial charge in [0.2, 0.25) is 6.79 Å². The van der Waals surface area contributed by atoms with Crippen LogP contribution in [0.25, 0.3) is 17.1 Å². The average Bonchev–Trinajstić information content (AvgIpc) is 3.28. The van der Waals surface area contributed by atoms with Crippen molar-refractivity contribution in [2.45, 2.75) is 24.9 Å². The first-order valence-corrected chi connectivity index (χ1v) is 9.39. The molecule has 0 unspecified atom stereocenters. The summed E-state index contributed by atoms with van der Waals surface area (Å²) in [6.07, 6.45) is 2.33. The Kier molecular flexibility index (Phi) is 4.61. The molecule has 25 heavy (non-hydrogen) atoms. The zero-order chi connectivity index (χ0) is 17.1. The Balaban J connectivity index is 1.77. The van der Waals surface area contributed by atoms with E-state index in [1.807, 2.05) is 36.4 Å². The fraction of sp³-hybridized carbons (Fsp3) is 0.263. The second kappa shape index (κ2) is 7.19. The lowest BCUT2D eigenvalue weighted by molar-refractivity contribution is 0.174. The van der Waals surface area contributed by atoms with Crippen molar-refractivity contribution in [2.75, 3.05) is 12.5 Å². The van der Waals surface area contributed by atoms with Crippen LogP contribution in [0.3, 0.4) is 0 Å². The third-order valence-corrected chi connectivity index (χ3v) is 5.02. The molecule has 5 nitrogen and oxygen atoms in total. The van der Waals surface area contributed by atoms with Gasteiger partial charge in [-0.15, -0.1) is 10.2 Å². The maximum atomic E-state index is 5.51. The lowest BCUT2D eigenvalue weighted by Crippen LogP contribution is -1.99. The number of rotatable bonds is 6. The number of aromatic nitrogens is 3. The number of para-hydroxylation sites is 1. The maximum Gasteiger partial charge on any atom is 0.231 e. The molecular weight excluding hydrogens is 334 g/mol. The molecule has 0 amide bonds. The van der Waals surface area contributed by atoms with Crippen LogP contribution in [0.1, 0.15) is 19.8 Å². The summed E-state index contributed by atoms with van der Waals surface area (Å²) in [7, 11) is 0. The van der Waals surface area contributed by atoms with Crippen molar-refractivity contribution < 1.29 is 9.47 Å². The summed E-state index contributed by atoms with van der Waals surface area (Å²) in [5.41, 5.74) is 2.02. The van der Waals surface area contributed by atoms with Gasteiger partial charge < -0.3 is 9.47 Å². The molecule has 1 aromatic heterocycles. The van der Waals surface area contributed by atoms with Gasteiger partial charge in [0.1, 0.15) is 0 Å². The zero-order valence-electron chi connectivity index (χ0n) is 14.0. The number of benzene rings is 2. The molecule has 1 aliphatic rings. The Morgan fingerprint density at radius 1 is 1.04 bits per heavy atom. The standard InChI is InChI=1S/C19H19N3O2S/c1-2-3-11-25-19-21-20-18(22(19)15-7-5-4-6-8-15)14-9-10-16-17(12-14)24-13-23-16/h4-10,12H,2-3,11,13H2,1H3. The van der Waals surface area contributed by atoms with Crippen LogP contribution in [0.5, 0.6) is 11.5 Å². The minimum absolute atomic E-state index is 0.266. The van der Waals surface area contributed by atoms with E-state index < -0.39 is 0 Å². The van der Waals surface area contributed by atoms with Crippen molar-refractivity contribution in [1.29, 1.82) is 0 Å². The first-order chi connectivity index (χ1) is 12.4. The molecule has 3 aromatic rings. The van der Waals surface area contributed by atoms with Gasteiger partial charge in [0.15, 0.2) is 22.5 Å². The summed E-state index contributed by atoms with van der Waals surface area (Å²) >= 11 is 1.74. The Hall–Kier alpha value is -2.47. The summed E-state index contributed by atoms with van der Waals surface area (Å²) in [6.45, 7) is 2.46. The van der Waals surface area contributed by atoms with Crippen LogP contribution in [-0.2, 0) is 0 Å². The second-order valence-electron chi connectivity index (χ2n) is 5.75. The molecule has 0 aliphatic carbocycles. The Morgan fingerprint density at radius 3 is 2.72 bits per heavy atom. The Labute approximate surface area is 151 Å². The molecule has 0 radical (unpaired) electrons. The smallest absolute Gasteiger partial charge is 0.231 e. The number of nitrogens with zero attached hydrogens (tertiary/aromatic N) is 3. The summed E-state index contributed by atoms with van der Waals surface area (Å²) in [5, 5.41) is 9.81. The molecule has 6 heteroatoms. The van der Waals surface area contributed by atoms with Crippen LogP contribution in [0, 0.1) is 0 Å². The predicted octanol–water partition coefficient (Wildman–Crippen LogP) is 4.56. The molecule has 0 spiro atoms. The Morgan fingerprint density at radius 2 is 1.88 bits per heavy atom. The van der Waals surface area contributed by atoms with Gasteiger partial charge in [-0.05, 0) is 36.8 Å². The summed E-state index contributed by atoms with van der Waals surface area (Å²) in [6, 6.07) is 16.1. The predicted molar refractivity (Wildman–Crippen MR) is 98.6 cm³/mol. The van der Waals surface area contributed by atoms with Crippen molar-refractivity contribution in [3.63, 3.8) is 0 Å². The summed E-state index contributed by atoms with van der Waals surface area (Å²) in [4.78, 5) is 0. The van der Waals surface area contributed by atoms with Crippen molar-refractivity contribution in [3.8, 4) is 28.6 Å². The highest BCUT2D eigenvalue weighted by Gasteiger charge is 2.19. The van der Waals surface area contributed by atoms with Crippen LogP contribution in [-0.4, -0.2) is 27.3 Å². The monoisotopic (exact) mass is 353 g/mol. The number of fused-ring (bicyclic) bond motifs is 1. The van der Waals surface area contributed by atoms with Gasteiger partial charge in [0.05, 0.1) is 0 Å². The number of hydrogen-bond acceptors (Lipinski definition) is 5. The molecule has 0 bridgehead atoms.